The number of anilines is 1. The number of aromatic nitrogens is 1. The molecule has 0 atom stereocenters. The van der Waals surface area contributed by atoms with Crippen molar-refractivity contribution in [2.75, 3.05) is 37.8 Å². The highest BCUT2D eigenvalue weighted by Crippen LogP contribution is 2.32. The van der Waals surface area contributed by atoms with Gasteiger partial charge < -0.3 is 4.90 Å². The van der Waals surface area contributed by atoms with Gasteiger partial charge in [0.2, 0.25) is 5.91 Å². The Morgan fingerprint density at radius 1 is 1.06 bits per heavy atom. The average molecular weight is 514 g/mol. The summed E-state index contributed by atoms with van der Waals surface area (Å²) in [7, 11) is 0.229. The van der Waals surface area contributed by atoms with E-state index in [1.54, 1.807) is 4.90 Å². The highest BCUT2D eigenvalue weighted by atomic mass is 35.5. The van der Waals surface area contributed by atoms with Crippen molar-refractivity contribution in [3.8, 4) is 0 Å². The van der Waals surface area contributed by atoms with Crippen molar-refractivity contribution in [3.05, 3.63) is 53.3 Å². The van der Waals surface area contributed by atoms with Crippen LogP contribution in [0.1, 0.15) is 24.0 Å². The molecular formula is C23H29ClFN3O3S2. The Kier molecular flexibility index (Phi) is 9.37. The maximum absolute atomic E-state index is 13.1. The maximum Gasteiger partial charge on any atom is 0.229 e. The second-order valence-corrected chi connectivity index (χ2v) is 11.2. The molecule has 0 saturated carbocycles. The lowest BCUT2D eigenvalue weighted by Crippen LogP contribution is -2.34. The molecule has 1 amide bonds. The second-order valence-electron chi connectivity index (χ2n) is 8.08. The van der Waals surface area contributed by atoms with Gasteiger partial charge in [-0.2, -0.15) is 0 Å². The van der Waals surface area contributed by atoms with Crippen molar-refractivity contribution in [3.63, 3.8) is 0 Å². The van der Waals surface area contributed by atoms with Gasteiger partial charge in [0.15, 0.2) is 15.0 Å². The molecule has 0 aliphatic carbocycles. The molecule has 3 rings (SSSR count). The Bertz CT molecular complexity index is 1210. The molecule has 0 saturated heterocycles. The highest BCUT2D eigenvalue weighted by molar-refractivity contribution is 7.91. The number of rotatable bonds is 9. The van der Waals surface area contributed by atoms with E-state index in [0.29, 0.717) is 11.7 Å². The van der Waals surface area contributed by atoms with Gasteiger partial charge >= 0.3 is 0 Å². The van der Waals surface area contributed by atoms with Crippen molar-refractivity contribution in [2.45, 2.75) is 31.6 Å². The van der Waals surface area contributed by atoms with E-state index in [1.807, 2.05) is 45.0 Å². The van der Waals surface area contributed by atoms with Crippen LogP contribution in [0, 0.1) is 19.7 Å². The largest absolute Gasteiger partial charge is 0.309 e. The molecule has 0 unspecified atom stereocenters. The maximum atomic E-state index is 13.1. The van der Waals surface area contributed by atoms with Crippen LogP contribution in [-0.4, -0.2) is 57.1 Å². The van der Waals surface area contributed by atoms with Crippen LogP contribution >= 0.6 is 23.7 Å². The molecule has 1 aromatic heterocycles. The smallest absolute Gasteiger partial charge is 0.229 e. The molecule has 0 aliphatic rings. The van der Waals surface area contributed by atoms with Crippen molar-refractivity contribution >= 4 is 54.8 Å². The van der Waals surface area contributed by atoms with Crippen LogP contribution < -0.4 is 4.90 Å². The Morgan fingerprint density at radius 2 is 1.73 bits per heavy atom. The summed E-state index contributed by atoms with van der Waals surface area (Å²) in [6.07, 6.45) is 0.562. The Labute approximate surface area is 204 Å². The van der Waals surface area contributed by atoms with Crippen LogP contribution in [0.15, 0.2) is 41.3 Å². The standard InChI is InChI=1S/C23H28FN3O3S2.ClH/c1-16-6-11-20-22(17(16)2)25-23(31-20)27(14-5-13-26(3)4)21(28)12-15-32(29,30)19-9-7-18(24)8-10-19;/h6-11H,5,12-15H2,1-4H3;1H. The third-order valence-corrected chi connectivity index (χ3v) is 8.13. The Balaban J connectivity index is 0.00000385. The van der Waals surface area contributed by atoms with E-state index in [-0.39, 0.29) is 35.4 Å². The lowest BCUT2D eigenvalue weighted by Gasteiger charge is -2.21. The summed E-state index contributed by atoms with van der Waals surface area (Å²) < 4.78 is 39.4. The summed E-state index contributed by atoms with van der Waals surface area (Å²) in [5, 5.41) is 0.580. The second kappa shape index (κ2) is 11.4. The number of hydrogen-bond acceptors (Lipinski definition) is 6. The van der Waals surface area contributed by atoms with Crippen LogP contribution in [0.3, 0.4) is 0 Å². The molecule has 0 N–H and O–H groups in total. The van der Waals surface area contributed by atoms with Crippen LogP contribution in [0.5, 0.6) is 0 Å². The van der Waals surface area contributed by atoms with Crippen molar-refractivity contribution < 1.29 is 17.6 Å². The van der Waals surface area contributed by atoms with E-state index in [4.69, 9.17) is 4.98 Å². The molecule has 0 radical (unpaired) electrons. The van der Waals surface area contributed by atoms with Gasteiger partial charge in [0.05, 0.1) is 20.9 Å². The van der Waals surface area contributed by atoms with Gasteiger partial charge in [0, 0.05) is 13.0 Å². The SMILES string of the molecule is Cc1ccc2sc(N(CCCN(C)C)C(=O)CCS(=O)(=O)c3ccc(F)cc3)nc2c1C.Cl. The number of benzene rings is 2. The number of carbonyl (C=O) groups excluding carboxylic acids is 1. The monoisotopic (exact) mass is 513 g/mol. The average Bonchev–Trinajstić information content (AvgIpc) is 3.17. The molecule has 33 heavy (non-hydrogen) atoms. The Hall–Kier alpha value is -2.07. The van der Waals surface area contributed by atoms with E-state index >= 15 is 0 Å². The summed E-state index contributed by atoms with van der Waals surface area (Å²) in [6, 6.07) is 8.69. The van der Waals surface area contributed by atoms with Crippen molar-refractivity contribution in [1.29, 1.82) is 0 Å². The van der Waals surface area contributed by atoms with Gasteiger partial charge in [0.25, 0.3) is 0 Å². The fourth-order valence-corrected chi connectivity index (χ4v) is 5.62. The van der Waals surface area contributed by atoms with Crippen LogP contribution in [-0.2, 0) is 14.6 Å². The van der Waals surface area contributed by atoms with Crippen LogP contribution in [0.2, 0.25) is 0 Å². The zero-order valence-electron chi connectivity index (χ0n) is 19.2. The molecule has 2 aromatic carbocycles. The number of fused-ring (bicyclic) bond motifs is 1. The first-order chi connectivity index (χ1) is 15.1. The van der Waals surface area contributed by atoms with E-state index < -0.39 is 15.7 Å². The number of nitrogens with zero attached hydrogens (tertiary/aromatic N) is 3. The quantitative estimate of drug-likeness (QED) is 0.390. The minimum absolute atomic E-state index is 0. The fourth-order valence-electron chi connectivity index (χ4n) is 3.32. The molecular weight excluding hydrogens is 485 g/mol. The highest BCUT2D eigenvalue weighted by Gasteiger charge is 2.23. The van der Waals surface area contributed by atoms with Gasteiger partial charge in [-0.05, 0) is 82.4 Å². The van der Waals surface area contributed by atoms with Crippen molar-refractivity contribution in [2.24, 2.45) is 0 Å². The molecule has 10 heteroatoms. The molecule has 0 fully saturated rings. The first-order valence-electron chi connectivity index (χ1n) is 10.4. The van der Waals surface area contributed by atoms with Crippen LogP contribution in [0.25, 0.3) is 10.2 Å². The van der Waals surface area contributed by atoms with Gasteiger partial charge in [-0.1, -0.05) is 17.4 Å². The molecule has 3 aromatic rings. The number of thiazole rings is 1. The van der Waals surface area contributed by atoms with Gasteiger partial charge in [-0.25, -0.2) is 17.8 Å². The summed E-state index contributed by atoms with van der Waals surface area (Å²) in [4.78, 5) is 21.5. The molecule has 0 spiro atoms. The molecule has 0 aliphatic heterocycles. The lowest BCUT2D eigenvalue weighted by molar-refractivity contribution is -0.118. The van der Waals surface area contributed by atoms with E-state index in [1.165, 1.54) is 23.5 Å². The number of hydrogen-bond donors (Lipinski definition) is 0. The van der Waals surface area contributed by atoms with Crippen molar-refractivity contribution in [1.82, 2.24) is 9.88 Å². The molecule has 180 valence electrons. The first kappa shape index (κ1) is 27.2. The lowest BCUT2D eigenvalue weighted by atomic mass is 10.1. The Morgan fingerprint density at radius 3 is 2.36 bits per heavy atom. The zero-order chi connectivity index (χ0) is 23.5. The predicted octanol–water partition coefficient (Wildman–Crippen LogP) is 4.62. The predicted molar refractivity (Wildman–Crippen MR) is 135 cm³/mol. The number of sulfone groups is 1. The summed E-state index contributed by atoms with van der Waals surface area (Å²) in [5.74, 6) is -1.14. The summed E-state index contributed by atoms with van der Waals surface area (Å²) in [5.41, 5.74) is 3.07. The fraction of sp³-hybridized carbons (Fsp3) is 0.391. The van der Waals surface area contributed by atoms with E-state index in [0.717, 1.165) is 46.4 Å². The molecule has 6 nitrogen and oxygen atoms in total. The molecule has 0 bridgehead atoms. The van der Waals surface area contributed by atoms with E-state index in [2.05, 4.69) is 0 Å². The summed E-state index contributed by atoms with van der Waals surface area (Å²) >= 11 is 1.44. The zero-order valence-corrected chi connectivity index (χ0v) is 21.6. The minimum atomic E-state index is -3.70. The van der Waals surface area contributed by atoms with Crippen LogP contribution in [0.4, 0.5) is 9.52 Å². The summed E-state index contributed by atoms with van der Waals surface area (Å²) in [6.45, 7) is 5.27. The van der Waals surface area contributed by atoms with Gasteiger partial charge in [-0.3, -0.25) is 9.69 Å². The third-order valence-electron chi connectivity index (χ3n) is 5.35. The van der Waals surface area contributed by atoms with Gasteiger partial charge in [-0.15, -0.1) is 12.4 Å². The third kappa shape index (κ3) is 6.72. The normalized spacial score (nSPS) is 11.6. The first-order valence-corrected chi connectivity index (χ1v) is 12.9. The molecule has 1 heterocycles. The number of aryl methyl sites for hydroxylation is 2. The van der Waals surface area contributed by atoms with E-state index in [9.17, 15) is 17.6 Å². The number of carbonyl (C=O) groups is 1. The number of amides is 1. The topological polar surface area (TPSA) is 70.6 Å². The minimum Gasteiger partial charge on any atom is -0.309 e. The number of halogens is 2. The van der Waals surface area contributed by atoms with Gasteiger partial charge in [0.1, 0.15) is 5.82 Å².